The minimum absolute atomic E-state index is 0.201. The number of hydrogen-bond donors (Lipinski definition) is 2. The maximum Gasteiger partial charge on any atom is 0.223 e. The topological polar surface area (TPSA) is 41.1 Å². The van der Waals surface area contributed by atoms with Crippen LogP contribution < -0.4 is 10.6 Å². The monoisotopic (exact) mass is 168 g/mol. The first-order chi connectivity index (χ1) is 5.77. The maximum atomic E-state index is 11.5. The van der Waals surface area contributed by atoms with E-state index >= 15 is 0 Å². The van der Waals surface area contributed by atoms with E-state index in [0.29, 0.717) is 12.0 Å². The summed E-state index contributed by atoms with van der Waals surface area (Å²) < 4.78 is 0. The Hall–Kier alpha value is -0.570. The van der Waals surface area contributed by atoms with Gasteiger partial charge in [-0.25, -0.2) is 0 Å². The quantitative estimate of drug-likeness (QED) is 0.628. The van der Waals surface area contributed by atoms with Crippen molar-refractivity contribution in [1.29, 1.82) is 0 Å². The van der Waals surface area contributed by atoms with E-state index in [9.17, 15) is 4.79 Å². The third-order valence-electron chi connectivity index (χ3n) is 2.86. The van der Waals surface area contributed by atoms with Crippen LogP contribution in [0.5, 0.6) is 0 Å². The molecule has 0 aromatic heterocycles. The van der Waals surface area contributed by atoms with Crippen molar-refractivity contribution in [2.75, 3.05) is 13.1 Å². The molecule has 1 atom stereocenters. The van der Waals surface area contributed by atoms with Gasteiger partial charge in [-0.3, -0.25) is 4.79 Å². The number of amides is 1. The molecule has 0 radical (unpaired) electrons. The van der Waals surface area contributed by atoms with Gasteiger partial charge < -0.3 is 10.6 Å². The third kappa shape index (κ3) is 1.61. The average Bonchev–Trinajstić information content (AvgIpc) is 2.67. The molecule has 1 saturated carbocycles. The first-order valence-electron chi connectivity index (χ1n) is 4.78. The number of carbonyl (C=O) groups is 1. The largest absolute Gasteiger partial charge is 0.353 e. The van der Waals surface area contributed by atoms with Gasteiger partial charge in [0.1, 0.15) is 0 Å². The van der Waals surface area contributed by atoms with Gasteiger partial charge in [0.05, 0.1) is 0 Å². The maximum absolute atomic E-state index is 11.5. The number of carbonyl (C=O) groups excluding carboxylic acids is 1. The van der Waals surface area contributed by atoms with E-state index in [2.05, 4.69) is 10.6 Å². The van der Waals surface area contributed by atoms with Gasteiger partial charge in [-0.1, -0.05) is 6.92 Å². The summed E-state index contributed by atoms with van der Waals surface area (Å²) in [4.78, 5) is 11.5. The molecule has 3 nitrogen and oxygen atoms in total. The molecule has 1 amide bonds. The normalized spacial score (nSPS) is 26.1. The fourth-order valence-electron chi connectivity index (χ4n) is 1.44. The Morgan fingerprint density at radius 1 is 1.50 bits per heavy atom. The molecule has 2 rings (SSSR count). The summed E-state index contributed by atoms with van der Waals surface area (Å²) in [6.45, 7) is 4.06. The highest BCUT2D eigenvalue weighted by molar-refractivity contribution is 5.79. The van der Waals surface area contributed by atoms with Gasteiger partial charge in [0.15, 0.2) is 0 Å². The molecule has 1 aliphatic heterocycles. The predicted octanol–water partition coefficient (Wildman–Crippen LogP) is 0.121. The van der Waals surface area contributed by atoms with Crippen LogP contribution in [-0.2, 0) is 4.79 Å². The van der Waals surface area contributed by atoms with E-state index in [4.69, 9.17) is 0 Å². The molecule has 1 unspecified atom stereocenters. The Morgan fingerprint density at radius 2 is 2.17 bits per heavy atom. The molecule has 2 N–H and O–H groups in total. The van der Waals surface area contributed by atoms with E-state index in [1.165, 1.54) is 12.8 Å². The van der Waals surface area contributed by atoms with Crippen LogP contribution in [0.3, 0.4) is 0 Å². The summed E-state index contributed by atoms with van der Waals surface area (Å²) in [6, 6.07) is 0.507. The Labute approximate surface area is 72.9 Å². The summed E-state index contributed by atoms with van der Waals surface area (Å²) in [5, 5.41) is 6.22. The lowest BCUT2D eigenvalue weighted by atomic mass is 9.88. The fraction of sp³-hybridized carbons (Fsp3) is 0.889. The van der Waals surface area contributed by atoms with Crippen molar-refractivity contribution in [2.24, 2.45) is 11.8 Å². The van der Waals surface area contributed by atoms with Crippen molar-refractivity contribution in [3.63, 3.8) is 0 Å². The Bertz CT molecular complexity index is 185. The van der Waals surface area contributed by atoms with Gasteiger partial charge in [-0.05, 0) is 31.8 Å². The highest BCUT2D eigenvalue weighted by Crippen LogP contribution is 2.21. The van der Waals surface area contributed by atoms with Crippen molar-refractivity contribution < 1.29 is 4.79 Å². The van der Waals surface area contributed by atoms with Crippen molar-refractivity contribution in [2.45, 2.75) is 25.8 Å². The van der Waals surface area contributed by atoms with Crippen LogP contribution in [0.1, 0.15) is 19.8 Å². The van der Waals surface area contributed by atoms with E-state index in [0.717, 1.165) is 13.1 Å². The van der Waals surface area contributed by atoms with Gasteiger partial charge in [-0.15, -0.1) is 0 Å². The molecule has 0 bridgehead atoms. The zero-order valence-corrected chi connectivity index (χ0v) is 7.47. The minimum atomic E-state index is 0.201. The van der Waals surface area contributed by atoms with Gasteiger partial charge >= 0.3 is 0 Å². The predicted molar refractivity (Wildman–Crippen MR) is 46.7 cm³/mol. The standard InChI is InChI=1S/C9H16N2O/c1-6(7-4-10-5-7)9(12)11-8-2-3-8/h6-8,10H,2-5H2,1H3,(H,11,12). The summed E-state index contributed by atoms with van der Waals surface area (Å²) in [7, 11) is 0. The molecule has 68 valence electrons. The van der Waals surface area contributed by atoms with Crippen LogP contribution >= 0.6 is 0 Å². The van der Waals surface area contributed by atoms with Crippen molar-refractivity contribution in [3.8, 4) is 0 Å². The Balaban J connectivity index is 1.76. The molecule has 3 heteroatoms. The molecule has 0 aromatic rings. The molecule has 1 heterocycles. The second-order valence-electron chi connectivity index (χ2n) is 3.99. The molecule has 1 saturated heterocycles. The van der Waals surface area contributed by atoms with Crippen LogP contribution in [0.4, 0.5) is 0 Å². The summed E-state index contributed by atoms with van der Waals surface area (Å²) >= 11 is 0. The highest BCUT2D eigenvalue weighted by atomic mass is 16.2. The van der Waals surface area contributed by atoms with Crippen LogP contribution in [0.25, 0.3) is 0 Å². The van der Waals surface area contributed by atoms with E-state index in [-0.39, 0.29) is 11.8 Å². The van der Waals surface area contributed by atoms with E-state index < -0.39 is 0 Å². The highest BCUT2D eigenvalue weighted by Gasteiger charge is 2.31. The zero-order valence-electron chi connectivity index (χ0n) is 7.47. The lowest BCUT2D eigenvalue weighted by molar-refractivity contribution is -0.126. The van der Waals surface area contributed by atoms with Gasteiger partial charge in [0.25, 0.3) is 0 Å². The van der Waals surface area contributed by atoms with Crippen molar-refractivity contribution >= 4 is 5.91 Å². The first kappa shape index (κ1) is 8.05. The molecular weight excluding hydrogens is 152 g/mol. The minimum Gasteiger partial charge on any atom is -0.353 e. The second-order valence-corrected chi connectivity index (χ2v) is 3.99. The number of rotatable bonds is 3. The fourth-order valence-corrected chi connectivity index (χ4v) is 1.44. The molecule has 0 aromatic carbocycles. The Morgan fingerprint density at radius 3 is 2.58 bits per heavy atom. The van der Waals surface area contributed by atoms with Gasteiger partial charge in [0.2, 0.25) is 5.91 Å². The van der Waals surface area contributed by atoms with Crippen LogP contribution in [0, 0.1) is 11.8 Å². The Kier molecular flexibility index (Phi) is 2.05. The lowest BCUT2D eigenvalue weighted by Crippen LogP contribution is -2.49. The summed E-state index contributed by atoms with van der Waals surface area (Å²) in [6.07, 6.45) is 2.36. The van der Waals surface area contributed by atoms with Gasteiger partial charge in [-0.2, -0.15) is 0 Å². The first-order valence-corrected chi connectivity index (χ1v) is 4.78. The summed E-state index contributed by atoms with van der Waals surface area (Å²) in [5.74, 6) is 1.03. The number of nitrogens with one attached hydrogen (secondary N) is 2. The van der Waals surface area contributed by atoms with Crippen LogP contribution in [0.15, 0.2) is 0 Å². The molecule has 2 aliphatic rings. The molecule has 0 spiro atoms. The molecule has 12 heavy (non-hydrogen) atoms. The molecule has 1 aliphatic carbocycles. The van der Waals surface area contributed by atoms with Crippen LogP contribution in [0.2, 0.25) is 0 Å². The SMILES string of the molecule is CC(C(=O)NC1CC1)C1CNC1. The van der Waals surface area contributed by atoms with Crippen LogP contribution in [-0.4, -0.2) is 25.0 Å². The zero-order chi connectivity index (χ0) is 8.55. The smallest absolute Gasteiger partial charge is 0.223 e. The number of hydrogen-bond acceptors (Lipinski definition) is 2. The molecule has 2 fully saturated rings. The lowest BCUT2D eigenvalue weighted by Gasteiger charge is -2.31. The summed E-state index contributed by atoms with van der Waals surface area (Å²) in [5.41, 5.74) is 0. The van der Waals surface area contributed by atoms with Crippen molar-refractivity contribution in [3.05, 3.63) is 0 Å². The second kappa shape index (κ2) is 3.05. The van der Waals surface area contributed by atoms with E-state index in [1.54, 1.807) is 0 Å². The van der Waals surface area contributed by atoms with E-state index in [1.807, 2.05) is 6.92 Å². The molecular formula is C9H16N2O. The third-order valence-corrected chi connectivity index (χ3v) is 2.86. The van der Waals surface area contributed by atoms with Crippen molar-refractivity contribution in [1.82, 2.24) is 10.6 Å². The average molecular weight is 168 g/mol. The van der Waals surface area contributed by atoms with Gasteiger partial charge in [0, 0.05) is 12.0 Å².